The second-order valence-corrected chi connectivity index (χ2v) is 6.81. The molecule has 0 radical (unpaired) electrons. The Bertz CT molecular complexity index is 1020. The van der Waals surface area contributed by atoms with Crippen molar-refractivity contribution in [2.24, 2.45) is 7.05 Å². The molecule has 0 saturated carbocycles. The van der Waals surface area contributed by atoms with Gasteiger partial charge in [-0.1, -0.05) is 0 Å². The fourth-order valence-electron chi connectivity index (χ4n) is 3.66. The number of hydrogen-bond donors (Lipinski definition) is 1. The number of aryl methyl sites for hydroxylation is 1. The maximum Gasteiger partial charge on any atom is 0.258 e. The van der Waals surface area contributed by atoms with E-state index in [0.29, 0.717) is 5.56 Å². The van der Waals surface area contributed by atoms with Crippen LogP contribution in [0.2, 0.25) is 0 Å². The average molecular weight is 350 g/mol. The summed E-state index contributed by atoms with van der Waals surface area (Å²) in [5, 5.41) is 3.93. The number of carbonyl (C=O) groups excluding carboxylic acids is 1. The molecule has 0 aliphatic carbocycles. The van der Waals surface area contributed by atoms with Gasteiger partial charge in [0.15, 0.2) is 0 Å². The molecule has 5 heteroatoms. The molecule has 0 spiro atoms. The molecule has 0 bridgehead atoms. The topological polar surface area (TPSA) is 52.5 Å². The van der Waals surface area contributed by atoms with E-state index in [1.54, 1.807) is 7.11 Å². The van der Waals surface area contributed by atoms with Crippen molar-refractivity contribution in [1.82, 2.24) is 4.57 Å². The number of carbonyl (C=O) groups is 1. The molecule has 5 nitrogen and oxygen atoms in total. The van der Waals surface area contributed by atoms with Crippen LogP contribution in [0.1, 0.15) is 28.5 Å². The van der Waals surface area contributed by atoms with E-state index in [2.05, 4.69) is 5.32 Å². The van der Waals surface area contributed by atoms with Crippen LogP contribution in [-0.2, 0) is 13.5 Å². The molecule has 2 aromatic carbocycles. The molecule has 1 N–H and O–H groups in total. The number of aromatic nitrogens is 1. The summed E-state index contributed by atoms with van der Waals surface area (Å²) in [6.45, 7) is 4.00. The summed E-state index contributed by atoms with van der Waals surface area (Å²) in [7, 11) is 3.60. The number of methoxy groups -OCH3 is 1. The molecule has 0 saturated heterocycles. The van der Waals surface area contributed by atoms with Gasteiger partial charge in [-0.3, -0.25) is 4.79 Å². The van der Waals surface area contributed by atoms with Crippen molar-refractivity contribution in [3.05, 3.63) is 53.2 Å². The van der Waals surface area contributed by atoms with Crippen molar-refractivity contribution in [1.29, 1.82) is 0 Å². The molecule has 134 valence electrons. The third-order valence-electron chi connectivity index (χ3n) is 5.08. The lowest BCUT2D eigenvalue weighted by Crippen LogP contribution is -2.13. The summed E-state index contributed by atoms with van der Waals surface area (Å²) in [5.41, 5.74) is 4.51. The SMILES string of the molecule is COc1ccc2c(c1)c(C(=O)Nc1ccc3c(c1)CC(C)O3)c(C)n2C. The number of rotatable bonds is 3. The lowest BCUT2D eigenvalue weighted by molar-refractivity contribution is 0.102. The second-order valence-electron chi connectivity index (χ2n) is 6.81. The fraction of sp³-hybridized carbons (Fsp3) is 0.286. The number of amides is 1. The summed E-state index contributed by atoms with van der Waals surface area (Å²) >= 11 is 0. The van der Waals surface area contributed by atoms with Gasteiger partial charge >= 0.3 is 0 Å². The molecule has 1 unspecified atom stereocenters. The minimum Gasteiger partial charge on any atom is -0.497 e. The third kappa shape index (κ3) is 2.60. The highest BCUT2D eigenvalue weighted by Gasteiger charge is 2.22. The van der Waals surface area contributed by atoms with Gasteiger partial charge in [-0.25, -0.2) is 0 Å². The molecule has 26 heavy (non-hydrogen) atoms. The molecular weight excluding hydrogens is 328 g/mol. The normalized spacial score (nSPS) is 15.6. The standard InChI is InChI=1S/C21H22N2O3/c1-12-9-14-10-15(5-8-19(14)26-12)22-21(24)20-13(2)23(3)18-7-6-16(25-4)11-17(18)20/h5-8,10-12H,9H2,1-4H3,(H,22,24). The molecule has 1 aliphatic rings. The summed E-state index contributed by atoms with van der Waals surface area (Å²) in [4.78, 5) is 13.0. The van der Waals surface area contributed by atoms with Crippen molar-refractivity contribution in [2.75, 3.05) is 12.4 Å². The van der Waals surface area contributed by atoms with E-state index in [0.717, 1.165) is 45.8 Å². The highest BCUT2D eigenvalue weighted by Crippen LogP contribution is 2.32. The van der Waals surface area contributed by atoms with Crippen LogP contribution in [0.15, 0.2) is 36.4 Å². The van der Waals surface area contributed by atoms with Crippen molar-refractivity contribution in [3.63, 3.8) is 0 Å². The van der Waals surface area contributed by atoms with E-state index in [1.807, 2.05) is 61.9 Å². The predicted octanol–water partition coefficient (Wildman–Crippen LogP) is 4.07. The fourth-order valence-corrected chi connectivity index (χ4v) is 3.66. The summed E-state index contributed by atoms with van der Waals surface area (Å²) in [6.07, 6.45) is 1.05. The van der Waals surface area contributed by atoms with Crippen LogP contribution in [0.3, 0.4) is 0 Å². The van der Waals surface area contributed by atoms with Crippen LogP contribution >= 0.6 is 0 Å². The number of ether oxygens (including phenoxy) is 2. The van der Waals surface area contributed by atoms with Gasteiger partial charge < -0.3 is 19.4 Å². The smallest absolute Gasteiger partial charge is 0.258 e. The highest BCUT2D eigenvalue weighted by atomic mass is 16.5. The van der Waals surface area contributed by atoms with E-state index in [1.165, 1.54) is 0 Å². The summed E-state index contributed by atoms with van der Waals surface area (Å²) in [5.74, 6) is 1.52. The first kappa shape index (κ1) is 16.5. The molecule has 2 heterocycles. The largest absolute Gasteiger partial charge is 0.497 e. The number of benzene rings is 2. The summed E-state index contributed by atoms with van der Waals surface area (Å²) in [6, 6.07) is 11.6. The maximum absolute atomic E-state index is 13.0. The average Bonchev–Trinajstić information content (AvgIpc) is 3.11. The van der Waals surface area contributed by atoms with Crippen LogP contribution < -0.4 is 14.8 Å². The van der Waals surface area contributed by atoms with E-state index < -0.39 is 0 Å². The number of hydrogen-bond acceptors (Lipinski definition) is 3. The zero-order valence-corrected chi connectivity index (χ0v) is 15.4. The zero-order valence-electron chi connectivity index (χ0n) is 15.4. The van der Waals surface area contributed by atoms with Crippen LogP contribution in [-0.4, -0.2) is 23.7 Å². The summed E-state index contributed by atoms with van der Waals surface area (Å²) < 4.78 is 13.1. The first-order valence-corrected chi connectivity index (χ1v) is 8.72. The Hall–Kier alpha value is -2.95. The van der Waals surface area contributed by atoms with Crippen LogP contribution in [0, 0.1) is 6.92 Å². The Morgan fingerprint density at radius 2 is 2.08 bits per heavy atom. The first-order chi connectivity index (χ1) is 12.5. The van der Waals surface area contributed by atoms with Gasteiger partial charge in [-0.15, -0.1) is 0 Å². The molecule has 0 fully saturated rings. The Balaban J connectivity index is 1.71. The Morgan fingerprint density at radius 3 is 2.85 bits per heavy atom. The van der Waals surface area contributed by atoms with E-state index in [9.17, 15) is 4.79 Å². The molecule has 3 aromatic rings. The molecule has 1 atom stereocenters. The zero-order chi connectivity index (χ0) is 18.4. The van der Waals surface area contributed by atoms with Gasteiger partial charge in [0.05, 0.1) is 12.7 Å². The highest BCUT2D eigenvalue weighted by molar-refractivity contribution is 6.14. The number of anilines is 1. The van der Waals surface area contributed by atoms with Gasteiger partial charge in [-0.2, -0.15) is 0 Å². The first-order valence-electron chi connectivity index (χ1n) is 8.72. The van der Waals surface area contributed by atoms with Gasteiger partial charge in [0.1, 0.15) is 17.6 Å². The van der Waals surface area contributed by atoms with Crippen LogP contribution in [0.5, 0.6) is 11.5 Å². The Kier molecular flexibility index (Phi) is 3.87. The minimum atomic E-state index is -0.117. The minimum absolute atomic E-state index is 0.117. The van der Waals surface area contributed by atoms with Crippen molar-refractivity contribution < 1.29 is 14.3 Å². The van der Waals surface area contributed by atoms with E-state index in [-0.39, 0.29) is 12.0 Å². The van der Waals surface area contributed by atoms with E-state index >= 15 is 0 Å². The van der Waals surface area contributed by atoms with Crippen molar-refractivity contribution >= 4 is 22.5 Å². The lowest BCUT2D eigenvalue weighted by atomic mass is 10.1. The lowest BCUT2D eigenvalue weighted by Gasteiger charge is -2.08. The monoisotopic (exact) mass is 350 g/mol. The molecular formula is C21H22N2O3. The maximum atomic E-state index is 13.0. The van der Waals surface area contributed by atoms with Gasteiger partial charge in [0, 0.05) is 35.8 Å². The van der Waals surface area contributed by atoms with Crippen LogP contribution in [0.4, 0.5) is 5.69 Å². The molecule has 1 amide bonds. The molecule has 1 aliphatic heterocycles. The van der Waals surface area contributed by atoms with Gasteiger partial charge in [0.25, 0.3) is 5.91 Å². The third-order valence-corrected chi connectivity index (χ3v) is 5.08. The van der Waals surface area contributed by atoms with Crippen molar-refractivity contribution in [3.8, 4) is 11.5 Å². The molecule has 4 rings (SSSR count). The number of nitrogens with zero attached hydrogens (tertiary/aromatic N) is 1. The van der Waals surface area contributed by atoms with Crippen molar-refractivity contribution in [2.45, 2.75) is 26.4 Å². The number of fused-ring (bicyclic) bond motifs is 2. The molecule has 1 aromatic heterocycles. The Morgan fingerprint density at radius 1 is 1.27 bits per heavy atom. The van der Waals surface area contributed by atoms with Gasteiger partial charge in [0.2, 0.25) is 0 Å². The van der Waals surface area contributed by atoms with Crippen LogP contribution in [0.25, 0.3) is 10.9 Å². The second kappa shape index (κ2) is 6.09. The Labute approximate surface area is 152 Å². The van der Waals surface area contributed by atoms with Gasteiger partial charge in [-0.05, 0) is 55.8 Å². The quantitative estimate of drug-likeness (QED) is 0.775. The predicted molar refractivity (Wildman–Crippen MR) is 102 cm³/mol. The number of nitrogens with one attached hydrogen (secondary N) is 1. The van der Waals surface area contributed by atoms with E-state index in [4.69, 9.17) is 9.47 Å².